The highest BCUT2D eigenvalue weighted by Gasteiger charge is 2.20. The number of aliphatic imine (C=N–C) groups is 1. The first kappa shape index (κ1) is 15.1. The maximum Gasteiger partial charge on any atom is 0.409 e. The smallest absolute Gasteiger partial charge is 0.409 e. The zero-order valence-electron chi connectivity index (χ0n) is 13.3. The number of aromatic nitrogens is 1. The van der Waals surface area contributed by atoms with Gasteiger partial charge in [0.25, 0.3) is 0 Å². The number of carboxylic acid groups (broad SMARTS) is 1. The molecule has 124 valence electrons. The van der Waals surface area contributed by atoms with Gasteiger partial charge >= 0.3 is 6.09 Å². The van der Waals surface area contributed by atoms with E-state index in [0.29, 0.717) is 17.9 Å². The van der Waals surface area contributed by atoms with Crippen molar-refractivity contribution in [3.05, 3.63) is 65.5 Å². The summed E-state index contributed by atoms with van der Waals surface area (Å²) in [6.45, 7) is 0.536. The minimum atomic E-state index is -1.13. The van der Waals surface area contributed by atoms with Crippen LogP contribution in [0.2, 0.25) is 0 Å². The molecule has 1 aromatic heterocycles. The van der Waals surface area contributed by atoms with Crippen LogP contribution in [0.1, 0.15) is 21.7 Å². The van der Waals surface area contributed by atoms with Gasteiger partial charge in [0.15, 0.2) is 5.78 Å². The zero-order chi connectivity index (χ0) is 17.4. The van der Waals surface area contributed by atoms with Crippen molar-refractivity contribution in [3.63, 3.8) is 0 Å². The Balaban J connectivity index is 1.64. The topological polar surface area (TPSA) is 83.7 Å². The molecule has 0 atom stereocenters. The molecule has 1 amide bonds. The molecule has 3 aromatic rings. The monoisotopic (exact) mass is 333 g/mol. The fourth-order valence-corrected chi connectivity index (χ4v) is 3.21. The van der Waals surface area contributed by atoms with E-state index in [2.05, 4.69) is 14.9 Å². The minimum Gasteiger partial charge on any atom is -0.465 e. The zero-order valence-corrected chi connectivity index (χ0v) is 13.3. The summed E-state index contributed by atoms with van der Waals surface area (Å²) in [6, 6.07) is 14.5. The largest absolute Gasteiger partial charge is 0.465 e. The maximum absolute atomic E-state index is 12.7. The molecule has 6 heteroatoms. The number of Topliss-reactive ketones (excluding diaryl/α,β-unsaturated/α-hetero) is 1. The Labute approximate surface area is 143 Å². The summed E-state index contributed by atoms with van der Waals surface area (Å²) in [5.74, 6) is -0.0140. The predicted octanol–water partition coefficient (Wildman–Crippen LogP) is 3.55. The number of nitrogens with zero attached hydrogens (tertiary/aromatic N) is 2. The summed E-state index contributed by atoms with van der Waals surface area (Å²) in [4.78, 5) is 27.6. The molecule has 2 aromatic carbocycles. The lowest BCUT2D eigenvalue weighted by Gasteiger charge is -2.07. The van der Waals surface area contributed by atoms with Gasteiger partial charge in [-0.3, -0.25) is 15.1 Å². The highest BCUT2D eigenvalue weighted by atomic mass is 16.4. The Bertz CT molecular complexity index is 1020. The second kappa shape index (κ2) is 5.90. The second-order valence-corrected chi connectivity index (χ2v) is 5.87. The average molecular weight is 333 g/mol. The van der Waals surface area contributed by atoms with Crippen molar-refractivity contribution in [1.82, 2.24) is 4.57 Å². The average Bonchev–Trinajstić information content (AvgIpc) is 3.18. The van der Waals surface area contributed by atoms with Gasteiger partial charge in [-0.25, -0.2) is 4.79 Å². The summed E-state index contributed by atoms with van der Waals surface area (Å²) < 4.78 is 2.07. The molecule has 0 radical (unpaired) electrons. The molecule has 1 aliphatic heterocycles. The molecule has 0 spiro atoms. The number of anilines is 1. The molecule has 0 saturated heterocycles. The van der Waals surface area contributed by atoms with Crippen LogP contribution >= 0.6 is 0 Å². The van der Waals surface area contributed by atoms with Crippen LogP contribution in [0.3, 0.4) is 0 Å². The van der Waals surface area contributed by atoms with E-state index in [0.717, 1.165) is 22.2 Å². The first-order valence-electron chi connectivity index (χ1n) is 7.86. The first-order valence-corrected chi connectivity index (χ1v) is 7.86. The standard InChI is InChI=1S/C19H15N3O3/c23-18(12-5-7-13(8-6-12)21-19(24)25)9-16-14-3-1-2-4-15(14)17-10-20-11-22(16)17/h1-8,10,21H,9,11H2,(H,24,25). The van der Waals surface area contributed by atoms with Gasteiger partial charge in [0.1, 0.15) is 6.67 Å². The predicted molar refractivity (Wildman–Crippen MR) is 95.7 cm³/mol. The molecule has 1 aliphatic rings. The number of rotatable bonds is 4. The van der Waals surface area contributed by atoms with Gasteiger partial charge in [-0.2, -0.15) is 0 Å². The fraction of sp³-hybridized carbons (Fsp3) is 0.105. The number of benzene rings is 2. The molecule has 0 fully saturated rings. The Morgan fingerprint density at radius 3 is 2.52 bits per heavy atom. The van der Waals surface area contributed by atoms with Crippen molar-refractivity contribution < 1.29 is 14.7 Å². The van der Waals surface area contributed by atoms with Gasteiger partial charge < -0.3 is 9.67 Å². The molecule has 0 unspecified atom stereocenters. The maximum atomic E-state index is 12.7. The number of hydrogen-bond donors (Lipinski definition) is 2. The molecule has 0 aliphatic carbocycles. The van der Waals surface area contributed by atoms with Crippen molar-refractivity contribution in [2.75, 3.05) is 5.32 Å². The molecule has 4 rings (SSSR count). The number of amides is 1. The molecule has 2 heterocycles. The lowest BCUT2D eigenvalue weighted by atomic mass is 10.0. The molecule has 0 saturated carbocycles. The van der Waals surface area contributed by atoms with E-state index in [1.807, 2.05) is 30.5 Å². The molecule has 2 N–H and O–H groups in total. The SMILES string of the molecule is O=C(O)Nc1ccc(C(=O)Cc2c3ccccc3c3n2CN=C3)cc1. The normalized spacial score (nSPS) is 12.3. The van der Waals surface area contributed by atoms with Crippen LogP contribution < -0.4 is 5.32 Å². The van der Waals surface area contributed by atoms with Crippen LogP contribution in [0.25, 0.3) is 10.8 Å². The van der Waals surface area contributed by atoms with Crippen LogP contribution in [0.15, 0.2) is 53.5 Å². The highest BCUT2D eigenvalue weighted by molar-refractivity contribution is 6.05. The Morgan fingerprint density at radius 2 is 1.80 bits per heavy atom. The first-order chi connectivity index (χ1) is 12.1. The van der Waals surface area contributed by atoms with E-state index in [1.165, 1.54) is 0 Å². The van der Waals surface area contributed by atoms with Crippen molar-refractivity contribution in [2.45, 2.75) is 13.1 Å². The van der Waals surface area contributed by atoms with Gasteiger partial charge in [-0.15, -0.1) is 0 Å². The lowest BCUT2D eigenvalue weighted by Crippen LogP contribution is -2.10. The van der Waals surface area contributed by atoms with Crippen LogP contribution in [-0.2, 0) is 13.1 Å². The summed E-state index contributed by atoms with van der Waals surface area (Å²) in [5, 5.41) is 13.1. The molecular weight excluding hydrogens is 318 g/mol. The summed E-state index contributed by atoms with van der Waals surface area (Å²) in [7, 11) is 0. The van der Waals surface area contributed by atoms with Crippen molar-refractivity contribution >= 4 is 34.6 Å². The van der Waals surface area contributed by atoms with Crippen molar-refractivity contribution in [3.8, 4) is 0 Å². The van der Waals surface area contributed by atoms with Crippen LogP contribution in [0, 0.1) is 0 Å². The van der Waals surface area contributed by atoms with Crippen LogP contribution in [0.4, 0.5) is 10.5 Å². The number of fused-ring (bicyclic) bond motifs is 3. The van der Waals surface area contributed by atoms with Crippen LogP contribution in [-0.4, -0.2) is 27.8 Å². The minimum absolute atomic E-state index is 0.0140. The number of hydrogen-bond acceptors (Lipinski definition) is 3. The van der Waals surface area contributed by atoms with Gasteiger partial charge in [0.05, 0.1) is 12.1 Å². The lowest BCUT2D eigenvalue weighted by molar-refractivity contribution is 0.0991. The molecular formula is C19H15N3O3. The fourth-order valence-electron chi connectivity index (χ4n) is 3.21. The third-order valence-corrected chi connectivity index (χ3v) is 4.35. The Kier molecular flexibility index (Phi) is 3.57. The number of carbonyl (C=O) groups excluding carboxylic acids is 1. The van der Waals surface area contributed by atoms with E-state index in [-0.39, 0.29) is 12.2 Å². The third kappa shape index (κ3) is 2.67. The Hall–Kier alpha value is -3.41. The van der Waals surface area contributed by atoms with Gasteiger partial charge in [0, 0.05) is 33.9 Å². The van der Waals surface area contributed by atoms with Gasteiger partial charge in [-0.05, 0) is 24.3 Å². The van der Waals surface area contributed by atoms with E-state index in [4.69, 9.17) is 5.11 Å². The van der Waals surface area contributed by atoms with Crippen LogP contribution in [0.5, 0.6) is 0 Å². The molecule has 6 nitrogen and oxygen atoms in total. The van der Waals surface area contributed by atoms with E-state index in [1.54, 1.807) is 24.3 Å². The van der Waals surface area contributed by atoms with Gasteiger partial charge in [-0.1, -0.05) is 24.3 Å². The summed E-state index contributed by atoms with van der Waals surface area (Å²) in [5.41, 5.74) is 2.99. The van der Waals surface area contributed by atoms with Gasteiger partial charge in [0.2, 0.25) is 0 Å². The van der Waals surface area contributed by atoms with E-state index < -0.39 is 6.09 Å². The molecule has 25 heavy (non-hydrogen) atoms. The molecule has 0 bridgehead atoms. The number of nitrogens with one attached hydrogen (secondary N) is 1. The van der Waals surface area contributed by atoms with E-state index >= 15 is 0 Å². The highest BCUT2D eigenvalue weighted by Crippen LogP contribution is 2.29. The second-order valence-electron chi connectivity index (χ2n) is 5.87. The van der Waals surface area contributed by atoms with Crippen molar-refractivity contribution in [2.24, 2.45) is 4.99 Å². The number of carbonyl (C=O) groups is 2. The Morgan fingerprint density at radius 1 is 1.08 bits per heavy atom. The quantitative estimate of drug-likeness (QED) is 0.716. The number of ketones is 1. The van der Waals surface area contributed by atoms with E-state index in [9.17, 15) is 9.59 Å². The van der Waals surface area contributed by atoms with Crippen molar-refractivity contribution in [1.29, 1.82) is 0 Å². The summed E-state index contributed by atoms with van der Waals surface area (Å²) >= 11 is 0. The summed E-state index contributed by atoms with van der Waals surface area (Å²) in [6.07, 6.45) is 0.993. The third-order valence-electron chi connectivity index (χ3n) is 4.35.